The van der Waals surface area contributed by atoms with Crippen LogP contribution in [0, 0.1) is 5.82 Å². The number of benzene rings is 2. The maximum atomic E-state index is 13.4. The first kappa shape index (κ1) is 12.3. The lowest BCUT2D eigenvalue weighted by Gasteiger charge is -2.10. The molecule has 0 fully saturated rings. The number of nitrogen functional groups attached to an aromatic ring is 1. The van der Waals surface area contributed by atoms with Gasteiger partial charge < -0.3 is 5.73 Å². The monoisotopic (exact) mass is 267 g/mol. The molecule has 0 amide bonds. The fourth-order valence-electron chi connectivity index (χ4n) is 1.64. The smallest absolute Gasteiger partial charge is 0.146 e. The van der Waals surface area contributed by atoms with Crippen LogP contribution in [-0.2, 0) is 0 Å². The minimum Gasteiger partial charge on any atom is -0.396 e. The van der Waals surface area contributed by atoms with Crippen molar-refractivity contribution in [3.63, 3.8) is 0 Å². The van der Waals surface area contributed by atoms with Crippen molar-refractivity contribution in [2.24, 2.45) is 0 Å². The van der Waals surface area contributed by atoms with E-state index in [2.05, 4.69) is 0 Å². The molecule has 2 rings (SSSR count). The topological polar surface area (TPSA) is 26.0 Å². The Labute approximate surface area is 109 Å². The summed E-state index contributed by atoms with van der Waals surface area (Å²) in [6, 6.07) is 10.4. The molecule has 4 heteroatoms. The summed E-state index contributed by atoms with van der Waals surface area (Å²) in [5.74, 6) is -0.408. The zero-order valence-electron chi connectivity index (χ0n) is 9.21. The molecule has 2 aromatic carbocycles. The normalized spacial score (nSPS) is 10.5. The lowest BCUT2D eigenvalue weighted by atomic mass is 10.1. The summed E-state index contributed by atoms with van der Waals surface area (Å²) >= 11 is 7.65. The first-order valence-electron chi connectivity index (χ1n) is 5.01. The largest absolute Gasteiger partial charge is 0.396 e. The highest BCUT2D eigenvalue weighted by Crippen LogP contribution is 2.36. The van der Waals surface area contributed by atoms with Crippen molar-refractivity contribution in [2.45, 2.75) is 4.90 Å². The highest BCUT2D eigenvalue weighted by molar-refractivity contribution is 7.98. The van der Waals surface area contributed by atoms with E-state index in [-0.39, 0.29) is 5.69 Å². The third-order valence-corrected chi connectivity index (χ3v) is 3.76. The first-order chi connectivity index (χ1) is 8.13. The molecule has 0 spiro atoms. The van der Waals surface area contributed by atoms with Gasteiger partial charge >= 0.3 is 0 Å². The highest BCUT2D eigenvalue weighted by Gasteiger charge is 2.09. The Balaban J connectivity index is 2.60. The summed E-state index contributed by atoms with van der Waals surface area (Å²) in [7, 11) is 0. The Hall–Kier alpha value is -1.19. The van der Waals surface area contributed by atoms with Gasteiger partial charge in [0.15, 0.2) is 0 Å². The van der Waals surface area contributed by atoms with Crippen molar-refractivity contribution in [3.8, 4) is 11.1 Å². The Bertz CT molecular complexity index is 557. The van der Waals surface area contributed by atoms with Crippen LogP contribution in [0.4, 0.5) is 10.1 Å². The zero-order chi connectivity index (χ0) is 12.4. The van der Waals surface area contributed by atoms with Gasteiger partial charge in [-0.05, 0) is 35.6 Å². The quantitative estimate of drug-likeness (QED) is 0.643. The van der Waals surface area contributed by atoms with E-state index in [1.54, 1.807) is 23.9 Å². The Kier molecular flexibility index (Phi) is 3.60. The Morgan fingerprint density at radius 3 is 2.65 bits per heavy atom. The van der Waals surface area contributed by atoms with Gasteiger partial charge in [-0.3, -0.25) is 0 Å². The fraction of sp³-hybridized carbons (Fsp3) is 0.0769. The molecule has 0 bridgehead atoms. The molecule has 88 valence electrons. The van der Waals surface area contributed by atoms with E-state index >= 15 is 0 Å². The summed E-state index contributed by atoms with van der Waals surface area (Å²) in [5, 5.41) is 0.673. The molecule has 2 aromatic rings. The van der Waals surface area contributed by atoms with Gasteiger partial charge in [0.25, 0.3) is 0 Å². The van der Waals surface area contributed by atoms with Crippen LogP contribution in [0.5, 0.6) is 0 Å². The molecule has 2 N–H and O–H groups in total. The average molecular weight is 268 g/mol. The van der Waals surface area contributed by atoms with Crippen molar-refractivity contribution < 1.29 is 4.39 Å². The lowest BCUT2D eigenvalue weighted by molar-refractivity contribution is 0.633. The van der Waals surface area contributed by atoms with E-state index in [9.17, 15) is 4.39 Å². The van der Waals surface area contributed by atoms with Crippen LogP contribution in [0.3, 0.4) is 0 Å². The highest BCUT2D eigenvalue weighted by atomic mass is 35.5. The fourth-order valence-corrected chi connectivity index (χ4v) is 2.71. The summed E-state index contributed by atoms with van der Waals surface area (Å²) in [6.45, 7) is 0. The molecule has 0 radical (unpaired) electrons. The SMILES string of the molecule is CSc1c(Cl)cccc1-c1ccc(N)c(F)c1. The molecule has 0 saturated carbocycles. The molecule has 17 heavy (non-hydrogen) atoms. The second kappa shape index (κ2) is 4.98. The molecule has 0 atom stereocenters. The van der Waals surface area contributed by atoms with E-state index in [1.807, 2.05) is 24.5 Å². The second-order valence-corrected chi connectivity index (χ2v) is 4.78. The average Bonchev–Trinajstić information content (AvgIpc) is 2.32. The maximum Gasteiger partial charge on any atom is 0.146 e. The third kappa shape index (κ3) is 2.40. The second-order valence-electron chi connectivity index (χ2n) is 3.56. The molecule has 0 unspecified atom stereocenters. The molecule has 0 aliphatic carbocycles. The van der Waals surface area contributed by atoms with Gasteiger partial charge in [-0.1, -0.05) is 29.8 Å². The maximum absolute atomic E-state index is 13.4. The van der Waals surface area contributed by atoms with Gasteiger partial charge in [0, 0.05) is 4.90 Å². The van der Waals surface area contributed by atoms with Gasteiger partial charge in [-0.2, -0.15) is 0 Å². The van der Waals surface area contributed by atoms with Crippen molar-refractivity contribution >= 4 is 29.1 Å². The van der Waals surface area contributed by atoms with Crippen molar-refractivity contribution in [1.82, 2.24) is 0 Å². The van der Waals surface area contributed by atoms with Crippen LogP contribution in [0.25, 0.3) is 11.1 Å². The molecule has 0 aliphatic heterocycles. The van der Waals surface area contributed by atoms with Crippen molar-refractivity contribution in [1.29, 1.82) is 0 Å². The van der Waals surface area contributed by atoms with E-state index in [1.165, 1.54) is 6.07 Å². The van der Waals surface area contributed by atoms with Gasteiger partial charge in [-0.25, -0.2) is 4.39 Å². The summed E-state index contributed by atoms with van der Waals surface area (Å²) < 4.78 is 13.4. The predicted molar refractivity (Wildman–Crippen MR) is 73.0 cm³/mol. The number of halogens is 2. The lowest BCUT2D eigenvalue weighted by Crippen LogP contribution is -1.91. The molecular weight excluding hydrogens is 257 g/mol. The predicted octanol–water partition coefficient (Wildman–Crippen LogP) is 4.45. The van der Waals surface area contributed by atoms with E-state index in [4.69, 9.17) is 17.3 Å². The Morgan fingerprint density at radius 1 is 1.24 bits per heavy atom. The standard InChI is InChI=1S/C13H11ClFNS/c1-17-13-9(3-2-4-10(13)14)8-5-6-12(16)11(15)7-8/h2-7H,16H2,1H3. The number of hydrogen-bond acceptors (Lipinski definition) is 2. The van der Waals surface area contributed by atoms with Crippen LogP contribution in [0.1, 0.15) is 0 Å². The van der Waals surface area contributed by atoms with E-state index in [0.717, 1.165) is 16.0 Å². The van der Waals surface area contributed by atoms with Gasteiger partial charge in [0.1, 0.15) is 5.82 Å². The van der Waals surface area contributed by atoms with Crippen LogP contribution in [-0.4, -0.2) is 6.26 Å². The zero-order valence-corrected chi connectivity index (χ0v) is 10.8. The molecule has 0 saturated heterocycles. The van der Waals surface area contributed by atoms with Crippen molar-refractivity contribution in [3.05, 3.63) is 47.2 Å². The first-order valence-corrected chi connectivity index (χ1v) is 6.61. The van der Waals surface area contributed by atoms with Crippen LogP contribution < -0.4 is 5.73 Å². The van der Waals surface area contributed by atoms with Gasteiger partial charge in [-0.15, -0.1) is 11.8 Å². The van der Waals surface area contributed by atoms with E-state index in [0.29, 0.717) is 5.02 Å². The number of hydrogen-bond donors (Lipinski definition) is 1. The molecule has 0 aliphatic rings. The molecule has 0 heterocycles. The minimum atomic E-state index is -0.408. The molecular formula is C13H11ClFNS. The van der Waals surface area contributed by atoms with Crippen LogP contribution in [0.2, 0.25) is 5.02 Å². The molecule has 0 aromatic heterocycles. The number of anilines is 1. The number of thioether (sulfide) groups is 1. The van der Waals surface area contributed by atoms with Crippen LogP contribution >= 0.6 is 23.4 Å². The molecule has 1 nitrogen and oxygen atoms in total. The summed E-state index contributed by atoms with van der Waals surface area (Å²) in [4.78, 5) is 0.943. The van der Waals surface area contributed by atoms with Gasteiger partial charge in [0.2, 0.25) is 0 Å². The third-order valence-electron chi connectivity index (χ3n) is 2.48. The number of nitrogens with two attached hydrogens (primary N) is 1. The van der Waals surface area contributed by atoms with Crippen molar-refractivity contribution in [2.75, 3.05) is 12.0 Å². The van der Waals surface area contributed by atoms with Gasteiger partial charge in [0.05, 0.1) is 10.7 Å². The minimum absolute atomic E-state index is 0.154. The Morgan fingerprint density at radius 2 is 2.00 bits per heavy atom. The van der Waals surface area contributed by atoms with E-state index < -0.39 is 5.82 Å². The van der Waals surface area contributed by atoms with Crippen LogP contribution in [0.15, 0.2) is 41.3 Å². The number of rotatable bonds is 2. The summed E-state index contributed by atoms with van der Waals surface area (Å²) in [5.41, 5.74) is 7.32. The summed E-state index contributed by atoms with van der Waals surface area (Å²) in [6.07, 6.45) is 1.94.